The SMILES string of the molecule is C.C.C.C.C1CC1.C1CC1.C1CCC1.CC.CC.CC.CC.CC. The maximum atomic E-state index is 2.00. The molecule has 0 heterocycles. The van der Waals surface area contributed by atoms with Crippen LogP contribution in [0.5, 0.6) is 0 Å². The van der Waals surface area contributed by atoms with Crippen LogP contribution in [0.2, 0.25) is 0 Å². The average Bonchev–Trinajstić information content (AvgIpc) is 3.39. The first kappa shape index (κ1) is 56.4. The molecule has 3 aliphatic carbocycles. The van der Waals surface area contributed by atoms with Gasteiger partial charge >= 0.3 is 0 Å². The first-order valence-corrected chi connectivity index (χ1v) is 10.0. The highest BCUT2D eigenvalue weighted by Crippen LogP contribution is 2.15. The Bertz CT molecular complexity index is 42.9. The minimum Gasteiger partial charge on any atom is -0.0776 e. The molecule has 3 aliphatic rings. The second-order valence-corrected chi connectivity index (χ2v) is 3.54. The van der Waals surface area contributed by atoms with Crippen LogP contribution in [0.1, 0.15) is 163 Å². The number of hydrogen-bond donors (Lipinski definition) is 0. The summed E-state index contributed by atoms with van der Waals surface area (Å²) in [6.07, 6.45) is 15.0. The van der Waals surface area contributed by atoms with E-state index in [1.807, 2.05) is 69.2 Å². The van der Waals surface area contributed by atoms with E-state index in [0.717, 1.165) is 0 Å². The Hall–Kier alpha value is 0. The zero-order valence-corrected chi connectivity index (χ0v) is 17.1. The Kier molecular flexibility index (Phi) is 262. The van der Waals surface area contributed by atoms with Crippen molar-refractivity contribution in [2.24, 2.45) is 0 Å². The third-order valence-electron chi connectivity index (χ3n) is 1.71. The van der Waals surface area contributed by atoms with Gasteiger partial charge in [0, 0.05) is 0 Å². The van der Waals surface area contributed by atoms with Crippen LogP contribution in [0, 0.1) is 0 Å². The Balaban J connectivity index is -0.0000000153. The van der Waals surface area contributed by atoms with Crippen molar-refractivity contribution < 1.29 is 0 Å². The molecule has 0 aromatic carbocycles. The highest BCUT2D eigenvalue weighted by molar-refractivity contribution is 4.51. The molecule has 0 spiro atoms. The molecule has 0 atom stereocenters. The van der Waals surface area contributed by atoms with E-state index in [0.29, 0.717) is 0 Å². The fourth-order valence-corrected chi connectivity index (χ4v) is 0.250. The summed E-state index contributed by atoms with van der Waals surface area (Å²) in [5.74, 6) is 0. The molecule has 3 saturated carbocycles. The molecule has 0 unspecified atom stereocenters. The normalized spacial score (nSPS) is 11.2. The minimum atomic E-state index is 0. The second kappa shape index (κ2) is 111. The molecule has 3 rings (SSSR count). The Morgan fingerprint density at radius 1 is 0.208 bits per heavy atom. The molecule has 0 N–H and O–H groups in total. The van der Waals surface area contributed by atoms with E-state index in [-0.39, 0.29) is 29.7 Å². The molecule has 0 nitrogen and oxygen atoms in total. The Morgan fingerprint density at radius 2 is 0.250 bits per heavy atom. The molecule has 0 heteroatoms. The van der Waals surface area contributed by atoms with E-state index in [2.05, 4.69) is 0 Å². The van der Waals surface area contributed by atoms with Gasteiger partial charge < -0.3 is 0 Å². The van der Waals surface area contributed by atoms with Gasteiger partial charge in [0.25, 0.3) is 0 Å². The molecular weight excluding hydrogens is 288 g/mol. The monoisotopic (exact) mass is 355 g/mol. The van der Waals surface area contributed by atoms with Crippen LogP contribution < -0.4 is 0 Å². The predicted molar refractivity (Wildman–Crippen MR) is 130 cm³/mol. The van der Waals surface area contributed by atoms with Crippen molar-refractivity contribution in [2.75, 3.05) is 0 Å². The van der Waals surface area contributed by atoms with Crippen LogP contribution in [0.15, 0.2) is 0 Å². The van der Waals surface area contributed by atoms with Crippen molar-refractivity contribution in [3.8, 4) is 0 Å². The molecule has 0 saturated heterocycles. The van der Waals surface area contributed by atoms with Crippen molar-refractivity contribution in [3.63, 3.8) is 0 Å². The quantitative estimate of drug-likeness (QED) is 0.405. The lowest BCUT2D eigenvalue weighted by molar-refractivity contribution is 0.504. The lowest BCUT2D eigenvalue weighted by atomic mass is 10.0. The Labute approximate surface area is 163 Å². The molecule has 3 fully saturated rings. The van der Waals surface area contributed by atoms with Crippen molar-refractivity contribution in [3.05, 3.63) is 0 Å². The summed E-state index contributed by atoms with van der Waals surface area (Å²) in [6, 6.07) is 0. The lowest BCUT2D eigenvalue weighted by Crippen LogP contribution is -1.85. The first-order valence-electron chi connectivity index (χ1n) is 10.0. The van der Waals surface area contributed by atoms with E-state index < -0.39 is 0 Å². The molecule has 24 heavy (non-hydrogen) atoms. The van der Waals surface area contributed by atoms with Crippen molar-refractivity contribution in [1.29, 1.82) is 0 Å². The van der Waals surface area contributed by atoms with Gasteiger partial charge in [-0.2, -0.15) is 0 Å². The molecule has 162 valence electrons. The Morgan fingerprint density at radius 3 is 0.250 bits per heavy atom. The highest BCUT2D eigenvalue weighted by Gasteiger charge is 1.95. The van der Waals surface area contributed by atoms with Gasteiger partial charge in [0.2, 0.25) is 0 Å². The standard InChI is InChI=1S/C4H8.2C3H6.5C2H6.4CH4/c1-2-4-3-1;2*1-2-3-1;5*1-2;;;;/h1-4H2;2*1-3H2;5*1-2H3;4*1H4. The molecular formula is C24H66. The maximum absolute atomic E-state index is 2.00. The van der Waals surface area contributed by atoms with Gasteiger partial charge in [-0.15, -0.1) is 0 Å². The largest absolute Gasteiger partial charge is 0.0776 e. The zero-order valence-electron chi connectivity index (χ0n) is 17.1. The minimum absolute atomic E-state index is 0. The average molecular weight is 355 g/mol. The molecule has 0 radical (unpaired) electrons. The fraction of sp³-hybridized carbons (Fsp3) is 1.00. The van der Waals surface area contributed by atoms with E-state index >= 15 is 0 Å². The summed E-state index contributed by atoms with van der Waals surface area (Å²) in [5.41, 5.74) is 0. The van der Waals surface area contributed by atoms with Gasteiger partial charge in [0.15, 0.2) is 0 Å². The number of hydrogen-bond acceptors (Lipinski definition) is 0. The van der Waals surface area contributed by atoms with Crippen molar-refractivity contribution in [1.82, 2.24) is 0 Å². The summed E-state index contributed by atoms with van der Waals surface area (Å²) in [7, 11) is 0. The summed E-state index contributed by atoms with van der Waals surface area (Å²) < 4.78 is 0. The summed E-state index contributed by atoms with van der Waals surface area (Å²) in [5, 5.41) is 0. The molecule has 0 aromatic heterocycles. The molecule has 0 aromatic rings. The van der Waals surface area contributed by atoms with E-state index in [9.17, 15) is 0 Å². The van der Waals surface area contributed by atoms with Gasteiger partial charge in [-0.25, -0.2) is 0 Å². The van der Waals surface area contributed by atoms with Gasteiger partial charge in [0.1, 0.15) is 0 Å². The van der Waals surface area contributed by atoms with E-state index in [1.165, 1.54) is 64.2 Å². The van der Waals surface area contributed by atoms with Gasteiger partial charge in [-0.3, -0.25) is 0 Å². The molecule has 0 amide bonds. The highest BCUT2D eigenvalue weighted by atomic mass is 14.0. The van der Waals surface area contributed by atoms with Crippen LogP contribution in [0.3, 0.4) is 0 Å². The van der Waals surface area contributed by atoms with Crippen molar-refractivity contribution in [2.45, 2.75) is 163 Å². The van der Waals surface area contributed by atoms with E-state index in [1.54, 1.807) is 0 Å². The third-order valence-corrected chi connectivity index (χ3v) is 1.71. The van der Waals surface area contributed by atoms with Gasteiger partial charge in [-0.05, 0) is 0 Å². The maximum Gasteiger partial charge on any atom is -0.0533 e. The summed E-state index contributed by atoms with van der Waals surface area (Å²) >= 11 is 0. The van der Waals surface area contributed by atoms with Crippen molar-refractivity contribution >= 4 is 0 Å². The first-order chi connectivity index (χ1) is 10.0. The van der Waals surface area contributed by atoms with Gasteiger partial charge in [-0.1, -0.05) is 163 Å². The number of rotatable bonds is 0. The fourth-order valence-electron chi connectivity index (χ4n) is 0.250. The summed E-state index contributed by atoms with van der Waals surface area (Å²) in [6.45, 7) is 20.0. The molecule has 0 aliphatic heterocycles. The second-order valence-electron chi connectivity index (χ2n) is 3.54. The zero-order chi connectivity index (χ0) is 17.1. The van der Waals surface area contributed by atoms with Crippen LogP contribution >= 0.6 is 0 Å². The topological polar surface area (TPSA) is 0 Å². The lowest BCUT2D eigenvalue weighted by Gasteiger charge is -2.05. The van der Waals surface area contributed by atoms with Crippen LogP contribution in [-0.4, -0.2) is 0 Å². The van der Waals surface area contributed by atoms with Crippen LogP contribution in [0.25, 0.3) is 0 Å². The third kappa shape index (κ3) is 270. The molecule has 0 bridgehead atoms. The smallest absolute Gasteiger partial charge is 0.0533 e. The summed E-state index contributed by atoms with van der Waals surface area (Å²) in [4.78, 5) is 0. The van der Waals surface area contributed by atoms with Crippen LogP contribution in [-0.2, 0) is 0 Å². The van der Waals surface area contributed by atoms with Gasteiger partial charge in [0.05, 0.1) is 0 Å². The predicted octanol–water partition coefficient (Wildman–Crippen LogP) is 11.6. The van der Waals surface area contributed by atoms with E-state index in [4.69, 9.17) is 0 Å². The van der Waals surface area contributed by atoms with Crippen LogP contribution in [0.4, 0.5) is 0 Å².